The van der Waals surface area contributed by atoms with Gasteiger partial charge in [0.25, 0.3) is 0 Å². The lowest BCUT2D eigenvalue weighted by atomic mass is 10.1. The first-order chi connectivity index (χ1) is 9.47. The summed E-state index contributed by atoms with van der Waals surface area (Å²) < 4.78 is 13.9. The minimum Gasteiger partial charge on any atom is -0.481 e. The lowest BCUT2D eigenvalue weighted by Gasteiger charge is -2.23. The van der Waals surface area contributed by atoms with Gasteiger partial charge in [-0.3, -0.25) is 14.5 Å². The third-order valence-corrected chi connectivity index (χ3v) is 3.62. The van der Waals surface area contributed by atoms with Gasteiger partial charge in [0.2, 0.25) is 5.91 Å². The van der Waals surface area contributed by atoms with E-state index in [2.05, 4.69) is 0 Å². The van der Waals surface area contributed by atoms with Crippen molar-refractivity contribution in [3.8, 4) is 0 Å². The minimum absolute atomic E-state index is 0.0530. The highest BCUT2D eigenvalue weighted by Gasteiger charge is 2.27. The van der Waals surface area contributed by atoms with E-state index < -0.39 is 17.7 Å². The molecule has 1 heterocycles. The molecule has 1 aromatic carbocycles. The summed E-state index contributed by atoms with van der Waals surface area (Å²) in [7, 11) is 0. The smallest absolute Gasteiger partial charge is 0.304 e. The van der Waals surface area contributed by atoms with E-state index >= 15 is 0 Å². The Hall–Kier alpha value is -1.95. The molecule has 1 fully saturated rings. The van der Waals surface area contributed by atoms with Crippen molar-refractivity contribution in [2.45, 2.75) is 31.8 Å². The molecule has 1 aliphatic rings. The summed E-state index contributed by atoms with van der Waals surface area (Å²) >= 11 is 0. The number of rotatable bonds is 5. The van der Waals surface area contributed by atoms with E-state index in [-0.39, 0.29) is 18.0 Å². The molecule has 1 unspecified atom stereocenters. The van der Waals surface area contributed by atoms with Crippen molar-refractivity contribution < 1.29 is 19.1 Å². The number of nitrogens with two attached hydrogens (primary N) is 1. The number of halogens is 1. The second-order valence-electron chi connectivity index (χ2n) is 5.03. The molecule has 1 aromatic rings. The van der Waals surface area contributed by atoms with Crippen molar-refractivity contribution in [2.75, 3.05) is 6.54 Å². The van der Waals surface area contributed by atoms with E-state index in [9.17, 15) is 14.0 Å². The van der Waals surface area contributed by atoms with Crippen LogP contribution in [0.3, 0.4) is 0 Å². The van der Waals surface area contributed by atoms with Crippen LogP contribution < -0.4 is 5.73 Å². The van der Waals surface area contributed by atoms with Gasteiger partial charge in [-0.15, -0.1) is 0 Å². The van der Waals surface area contributed by atoms with E-state index in [1.807, 2.05) is 4.90 Å². The number of benzene rings is 1. The standard InChI is InChI=1S/C14H17FN2O3/c15-12-6-9(14(16)20)3-4-10(12)8-17-5-1-2-11(17)7-13(18)19/h3-4,6,11H,1-2,5,7-8H2,(H2,16,20)(H,18,19). The van der Waals surface area contributed by atoms with Crippen LogP contribution in [0.15, 0.2) is 18.2 Å². The molecule has 1 amide bonds. The van der Waals surface area contributed by atoms with Crippen molar-refractivity contribution in [1.29, 1.82) is 0 Å². The SMILES string of the molecule is NC(=O)c1ccc(CN2CCCC2CC(=O)O)c(F)c1. The maximum atomic E-state index is 13.9. The quantitative estimate of drug-likeness (QED) is 0.853. The molecule has 0 saturated carbocycles. The van der Waals surface area contributed by atoms with E-state index in [1.165, 1.54) is 12.1 Å². The molecule has 3 N–H and O–H groups in total. The Labute approximate surface area is 116 Å². The van der Waals surface area contributed by atoms with Gasteiger partial charge in [-0.05, 0) is 31.5 Å². The monoisotopic (exact) mass is 280 g/mol. The third kappa shape index (κ3) is 3.33. The fourth-order valence-corrected chi connectivity index (χ4v) is 2.58. The van der Waals surface area contributed by atoms with Gasteiger partial charge in [-0.25, -0.2) is 4.39 Å². The van der Waals surface area contributed by atoms with Crippen molar-refractivity contribution in [2.24, 2.45) is 5.73 Å². The number of primary amides is 1. The first kappa shape index (κ1) is 14.5. The number of amides is 1. The van der Waals surface area contributed by atoms with E-state index in [0.29, 0.717) is 12.1 Å². The fraction of sp³-hybridized carbons (Fsp3) is 0.429. The van der Waals surface area contributed by atoms with E-state index in [1.54, 1.807) is 0 Å². The second kappa shape index (κ2) is 6.00. The van der Waals surface area contributed by atoms with Crippen LogP contribution >= 0.6 is 0 Å². The molecule has 20 heavy (non-hydrogen) atoms. The van der Waals surface area contributed by atoms with Gasteiger partial charge in [0, 0.05) is 23.7 Å². The Bertz CT molecular complexity index is 533. The summed E-state index contributed by atoms with van der Waals surface area (Å²) in [5.74, 6) is -1.99. The Morgan fingerprint density at radius 1 is 1.45 bits per heavy atom. The molecule has 0 aromatic heterocycles. The summed E-state index contributed by atoms with van der Waals surface area (Å²) in [6.45, 7) is 1.11. The molecule has 5 nitrogen and oxygen atoms in total. The maximum absolute atomic E-state index is 13.9. The van der Waals surface area contributed by atoms with Crippen LogP contribution in [0.1, 0.15) is 35.2 Å². The molecule has 0 bridgehead atoms. The number of nitrogens with zero attached hydrogens (tertiary/aromatic N) is 1. The van der Waals surface area contributed by atoms with Crippen LogP contribution in [-0.2, 0) is 11.3 Å². The second-order valence-corrected chi connectivity index (χ2v) is 5.03. The number of carbonyl (C=O) groups excluding carboxylic acids is 1. The summed E-state index contributed by atoms with van der Waals surface area (Å²) in [6, 6.07) is 4.09. The van der Waals surface area contributed by atoms with Crippen molar-refractivity contribution in [3.05, 3.63) is 35.1 Å². The number of carboxylic acids is 1. The van der Waals surface area contributed by atoms with Crippen LogP contribution in [0.25, 0.3) is 0 Å². The lowest BCUT2D eigenvalue weighted by Crippen LogP contribution is -2.31. The van der Waals surface area contributed by atoms with Gasteiger partial charge in [-0.1, -0.05) is 6.07 Å². The van der Waals surface area contributed by atoms with Gasteiger partial charge < -0.3 is 10.8 Å². The minimum atomic E-state index is -0.841. The number of aliphatic carboxylic acids is 1. The zero-order valence-corrected chi connectivity index (χ0v) is 11.0. The van der Waals surface area contributed by atoms with Gasteiger partial charge in [0.1, 0.15) is 5.82 Å². The van der Waals surface area contributed by atoms with Crippen molar-refractivity contribution >= 4 is 11.9 Å². The van der Waals surface area contributed by atoms with Crippen molar-refractivity contribution in [1.82, 2.24) is 4.90 Å². The van der Waals surface area contributed by atoms with Crippen molar-refractivity contribution in [3.63, 3.8) is 0 Å². The Morgan fingerprint density at radius 2 is 2.20 bits per heavy atom. The zero-order valence-electron chi connectivity index (χ0n) is 11.0. The Balaban J connectivity index is 2.09. The molecule has 0 radical (unpaired) electrons. The van der Waals surface area contributed by atoms with E-state index in [0.717, 1.165) is 25.5 Å². The number of hydrogen-bond donors (Lipinski definition) is 2. The predicted molar refractivity (Wildman–Crippen MR) is 70.6 cm³/mol. The van der Waals surface area contributed by atoms with Crippen LogP contribution in [0.4, 0.5) is 4.39 Å². The highest BCUT2D eigenvalue weighted by molar-refractivity contribution is 5.92. The Kier molecular flexibility index (Phi) is 4.34. The lowest BCUT2D eigenvalue weighted by molar-refractivity contribution is -0.138. The van der Waals surface area contributed by atoms with Crippen LogP contribution in [0, 0.1) is 5.82 Å². The molecule has 6 heteroatoms. The molecule has 0 aliphatic carbocycles. The summed E-state index contributed by atoms with van der Waals surface area (Å²) in [6.07, 6.45) is 1.80. The first-order valence-electron chi connectivity index (χ1n) is 6.51. The van der Waals surface area contributed by atoms with Crippen LogP contribution in [-0.4, -0.2) is 34.5 Å². The topological polar surface area (TPSA) is 83.6 Å². The number of hydrogen-bond acceptors (Lipinski definition) is 3. The normalized spacial score (nSPS) is 19.1. The maximum Gasteiger partial charge on any atom is 0.304 e. The van der Waals surface area contributed by atoms with Gasteiger partial charge >= 0.3 is 5.97 Å². The molecule has 1 atom stereocenters. The molecular formula is C14H17FN2O3. The molecule has 2 rings (SSSR count). The average Bonchev–Trinajstić information content (AvgIpc) is 2.78. The molecular weight excluding hydrogens is 263 g/mol. The predicted octanol–water partition coefficient (Wildman–Crippen LogP) is 1.36. The van der Waals surface area contributed by atoms with Crippen LogP contribution in [0.5, 0.6) is 0 Å². The Morgan fingerprint density at radius 3 is 2.80 bits per heavy atom. The molecule has 1 aliphatic heterocycles. The van der Waals surface area contributed by atoms with Gasteiger partial charge in [0.15, 0.2) is 0 Å². The highest BCUT2D eigenvalue weighted by atomic mass is 19.1. The summed E-state index contributed by atoms with van der Waals surface area (Å²) in [5.41, 5.74) is 5.68. The fourth-order valence-electron chi connectivity index (χ4n) is 2.58. The summed E-state index contributed by atoms with van der Waals surface area (Å²) in [5, 5.41) is 8.86. The number of likely N-dealkylation sites (tertiary alicyclic amines) is 1. The van der Waals surface area contributed by atoms with E-state index in [4.69, 9.17) is 10.8 Å². The average molecular weight is 280 g/mol. The van der Waals surface area contributed by atoms with Gasteiger partial charge in [-0.2, -0.15) is 0 Å². The number of carbonyl (C=O) groups is 2. The molecule has 0 spiro atoms. The highest BCUT2D eigenvalue weighted by Crippen LogP contribution is 2.23. The zero-order chi connectivity index (χ0) is 14.7. The summed E-state index contributed by atoms with van der Waals surface area (Å²) in [4.78, 5) is 23.7. The molecule has 1 saturated heterocycles. The molecule has 108 valence electrons. The third-order valence-electron chi connectivity index (χ3n) is 3.62. The van der Waals surface area contributed by atoms with Crippen LogP contribution in [0.2, 0.25) is 0 Å². The van der Waals surface area contributed by atoms with Gasteiger partial charge in [0.05, 0.1) is 6.42 Å². The number of carboxylic acid groups (broad SMARTS) is 1. The first-order valence-corrected chi connectivity index (χ1v) is 6.51. The largest absolute Gasteiger partial charge is 0.481 e.